The van der Waals surface area contributed by atoms with Crippen molar-refractivity contribution in [2.75, 3.05) is 4.90 Å². The number of benzene rings is 11. The fourth-order valence-electron chi connectivity index (χ4n) is 11.7. The molecule has 2 heterocycles. The Labute approximate surface area is 389 Å². The standard InChI is InChI=1S/C65H41NO/c1-3-18-42(19-4-1)45-22-17-23-47(40-45)63-61(44-20-5-2-6-21-44)62-53-27-8-7-24-49(53)50-39-36-46(41-54(50)64(62)67-63)43-34-37-48(38-35-43)66-59-32-15-13-30-57(59)65(58-31-14-16-33-60(58)66)55-28-11-9-25-51(55)52-26-10-12-29-56(52)65/h1-41H. The number of hydrogen-bond acceptors (Lipinski definition) is 2. The second-order valence-corrected chi connectivity index (χ2v) is 17.9. The SMILES string of the molecule is c1ccc(-c2cccc(-c3oc4c5cc(-c6ccc(N7c8ccccc8C8(c9ccccc9-c9ccccc98)c8ccccc87)cc6)ccc5c5ccccc5c4c3-c3ccccc3)c2)cc1. The highest BCUT2D eigenvalue weighted by molar-refractivity contribution is 6.29. The molecule has 12 aromatic rings. The van der Waals surface area contributed by atoms with E-state index in [2.05, 4.69) is 254 Å². The van der Waals surface area contributed by atoms with Gasteiger partial charge in [0.25, 0.3) is 0 Å². The normalized spacial score (nSPS) is 13.2. The van der Waals surface area contributed by atoms with Crippen molar-refractivity contribution in [2.45, 2.75) is 5.41 Å². The smallest absolute Gasteiger partial charge is 0.143 e. The van der Waals surface area contributed by atoms with E-state index in [0.29, 0.717) is 0 Å². The lowest BCUT2D eigenvalue weighted by molar-refractivity contribution is 0.636. The summed E-state index contributed by atoms with van der Waals surface area (Å²) >= 11 is 0. The van der Waals surface area contributed by atoms with Crippen LogP contribution in [0.3, 0.4) is 0 Å². The van der Waals surface area contributed by atoms with E-state index in [1.807, 2.05) is 0 Å². The summed E-state index contributed by atoms with van der Waals surface area (Å²) in [6.45, 7) is 0. The van der Waals surface area contributed by atoms with Crippen molar-refractivity contribution in [3.05, 3.63) is 271 Å². The minimum absolute atomic E-state index is 0.436. The molecule has 1 spiro atoms. The van der Waals surface area contributed by atoms with E-state index in [4.69, 9.17) is 4.42 Å². The molecule has 312 valence electrons. The molecule has 0 amide bonds. The Morgan fingerprint density at radius 2 is 0.791 bits per heavy atom. The molecule has 1 aliphatic heterocycles. The summed E-state index contributed by atoms with van der Waals surface area (Å²) in [5.41, 5.74) is 19.7. The highest BCUT2D eigenvalue weighted by atomic mass is 16.3. The molecule has 0 unspecified atom stereocenters. The van der Waals surface area contributed by atoms with Crippen LogP contribution in [0.2, 0.25) is 0 Å². The maximum atomic E-state index is 7.28. The number of rotatable bonds is 5. The Bertz CT molecular complexity index is 3820. The van der Waals surface area contributed by atoms with Gasteiger partial charge >= 0.3 is 0 Å². The number of nitrogens with zero attached hydrogens (tertiary/aromatic N) is 1. The molecule has 1 aliphatic carbocycles. The van der Waals surface area contributed by atoms with E-state index in [1.54, 1.807) is 0 Å². The van der Waals surface area contributed by atoms with Gasteiger partial charge in [0.15, 0.2) is 0 Å². The van der Waals surface area contributed by atoms with Crippen molar-refractivity contribution in [3.8, 4) is 55.8 Å². The zero-order chi connectivity index (χ0) is 44.1. The van der Waals surface area contributed by atoms with Crippen LogP contribution in [0.15, 0.2) is 253 Å². The second kappa shape index (κ2) is 14.7. The fourth-order valence-corrected chi connectivity index (χ4v) is 11.7. The van der Waals surface area contributed by atoms with E-state index in [1.165, 1.54) is 66.5 Å². The maximum absolute atomic E-state index is 7.28. The van der Waals surface area contributed by atoms with Gasteiger partial charge in [-0.05, 0) is 114 Å². The van der Waals surface area contributed by atoms with Gasteiger partial charge in [0.1, 0.15) is 11.3 Å². The van der Waals surface area contributed by atoms with Crippen LogP contribution >= 0.6 is 0 Å². The lowest BCUT2D eigenvalue weighted by Crippen LogP contribution is -2.36. The summed E-state index contributed by atoms with van der Waals surface area (Å²) in [6, 6.07) is 90.9. The molecule has 0 fully saturated rings. The van der Waals surface area contributed by atoms with Crippen LogP contribution in [0.5, 0.6) is 0 Å². The number of furan rings is 1. The average Bonchev–Trinajstić information content (AvgIpc) is 3.95. The molecule has 0 saturated carbocycles. The minimum atomic E-state index is -0.436. The van der Waals surface area contributed by atoms with Gasteiger partial charge in [-0.25, -0.2) is 0 Å². The predicted octanol–water partition coefficient (Wildman–Crippen LogP) is 17.6. The monoisotopic (exact) mass is 851 g/mol. The van der Waals surface area contributed by atoms with Gasteiger partial charge in [-0.1, -0.05) is 212 Å². The third kappa shape index (κ3) is 5.45. The summed E-state index contributed by atoms with van der Waals surface area (Å²) in [5.74, 6) is 0.875. The van der Waals surface area contributed by atoms with Gasteiger partial charge in [0.2, 0.25) is 0 Å². The summed E-state index contributed by atoms with van der Waals surface area (Å²) in [5, 5.41) is 5.80. The number of fused-ring (bicyclic) bond motifs is 15. The zero-order valence-electron chi connectivity index (χ0n) is 36.5. The van der Waals surface area contributed by atoms with Crippen molar-refractivity contribution in [1.82, 2.24) is 0 Å². The summed E-state index contributed by atoms with van der Waals surface area (Å²) in [4.78, 5) is 2.46. The van der Waals surface area contributed by atoms with Crippen LogP contribution in [0.1, 0.15) is 22.3 Å². The summed E-state index contributed by atoms with van der Waals surface area (Å²) < 4.78 is 7.28. The Kier molecular flexibility index (Phi) is 8.23. The van der Waals surface area contributed by atoms with E-state index in [9.17, 15) is 0 Å². The fraction of sp³-hybridized carbons (Fsp3) is 0.0154. The molecular weight excluding hydrogens is 811 g/mol. The first-order valence-corrected chi connectivity index (χ1v) is 23.2. The van der Waals surface area contributed by atoms with Crippen LogP contribution in [-0.4, -0.2) is 0 Å². The van der Waals surface area contributed by atoms with Gasteiger partial charge in [-0.15, -0.1) is 0 Å². The van der Waals surface area contributed by atoms with Gasteiger partial charge in [-0.3, -0.25) is 0 Å². The van der Waals surface area contributed by atoms with Crippen LogP contribution in [-0.2, 0) is 5.41 Å². The molecule has 0 radical (unpaired) electrons. The molecule has 2 aliphatic rings. The molecular formula is C65H41NO. The molecule has 2 nitrogen and oxygen atoms in total. The minimum Gasteiger partial charge on any atom is -0.455 e. The van der Waals surface area contributed by atoms with Crippen molar-refractivity contribution in [1.29, 1.82) is 0 Å². The quantitative estimate of drug-likeness (QED) is 0.160. The molecule has 0 bridgehead atoms. The van der Waals surface area contributed by atoms with Gasteiger partial charge < -0.3 is 9.32 Å². The van der Waals surface area contributed by atoms with Crippen molar-refractivity contribution < 1.29 is 4.42 Å². The third-order valence-electron chi connectivity index (χ3n) is 14.5. The first-order chi connectivity index (χ1) is 33.3. The molecule has 11 aromatic carbocycles. The molecule has 14 rings (SSSR count). The van der Waals surface area contributed by atoms with E-state index < -0.39 is 5.41 Å². The Morgan fingerprint density at radius 3 is 1.46 bits per heavy atom. The molecule has 67 heavy (non-hydrogen) atoms. The lowest BCUT2D eigenvalue weighted by atomic mass is 9.64. The van der Waals surface area contributed by atoms with E-state index in [0.717, 1.165) is 61.2 Å². The lowest BCUT2D eigenvalue weighted by Gasteiger charge is -2.45. The van der Waals surface area contributed by atoms with Crippen LogP contribution in [0, 0.1) is 0 Å². The van der Waals surface area contributed by atoms with Gasteiger partial charge in [-0.2, -0.15) is 0 Å². The number of para-hydroxylation sites is 2. The molecule has 0 atom stereocenters. The zero-order valence-corrected chi connectivity index (χ0v) is 36.5. The van der Waals surface area contributed by atoms with Crippen molar-refractivity contribution in [2.24, 2.45) is 0 Å². The molecule has 0 N–H and O–H groups in total. The van der Waals surface area contributed by atoms with Crippen molar-refractivity contribution in [3.63, 3.8) is 0 Å². The largest absolute Gasteiger partial charge is 0.455 e. The Hall–Kier alpha value is -8.72. The molecule has 1 aromatic heterocycles. The van der Waals surface area contributed by atoms with Crippen molar-refractivity contribution >= 4 is 49.6 Å². The Balaban J connectivity index is 0.932. The Morgan fingerprint density at radius 1 is 0.313 bits per heavy atom. The first-order valence-electron chi connectivity index (χ1n) is 23.2. The van der Waals surface area contributed by atoms with Crippen LogP contribution < -0.4 is 4.90 Å². The van der Waals surface area contributed by atoms with E-state index in [-0.39, 0.29) is 0 Å². The van der Waals surface area contributed by atoms with Gasteiger partial charge in [0, 0.05) is 27.6 Å². The van der Waals surface area contributed by atoms with Crippen LogP contribution in [0.4, 0.5) is 17.1 Å². The second-order valence-electron chi connectivity index (χ2n) is 17.9. The highest BCUT2D eigenvalue weighted by Crippen LogP contribution is 2.63. The van der Waals surface area contributed by atoms with E-state index >= 15 is 0 Å². The number of hydrogen-bond donors (Lipinski definition) is 0. The van der Waals surface area contributed by atoms with Crippen LogP contribution in [0.25, 0.3) is 88.3 Å². The highest BCUT2D eigenvalue weighted by Gasteiger charge is 2.51. The average molecular weight is 852 g/mol. The molecule has 2 heteroatoms. The number of anilines is 3. The summed E-state index contributed by atoms with van der Waals surface area (Å²) in [7, 11) is 0. The third-order valence-corrected chi connectivity index (χ3v) is 14.5. The molecule has 0 saturated heterocycles. The van der Waals surface area contributed by atoms with Gasteiger partial charge in [0.05, 0.1) is 16.8 Å². The first kappa shape index (κ1) is 37.6. The maximum Gasteiger partial charge on any atom is 0.143 e. The topological polar surface area (TPSA) is 16.4 Å². The predicted molar refractivity (Wildman–Crippen MR) is 279 cm³/mol. The summed E-state index contributed by atoms with van der Waals surface area (Å²) in [6.07, 6.45) is 0.